The molecule has 3 atom stereocenters. The summed E-state index contributed by atoms with van der Waals surface area (Å²) in [6.07, 6.45) is 3.14. The van der Waals surface area contributed by atoms with Gasteiger partial charge in [-0.15, -0.1) is 5.48 Å². The van der Waals surface area contributed by atoms with Gasteiger partial charge in [0.25, 0.3) is 0 Å². The maximum absolute atomic E-state index is 11.1. The number of nitrogens with zero attached hydrogens (tertiary/aromatic N) is 2. The zero-order valence-electron chi connectivity index (χ0n) is 17.0. The van der Waals surface area contributed by atoms with Crippen molar-refractivity contribution in [2.45, 2.75) is 38.1 Å². The lowest BCUT2D eigenvalue weighted by molar-refractivity contribution is 0.0612. The van der Waals surface area contributed by atoms with Crippen LogP contribution in [-0.2, 0) is 11.4 Å². The lowest BCUT2D eigenvalue weighted by Crippen LogP contribution is -2.41. The van der Waals surface area contributed by atoms with Crippen LogP contribution in [0.5, 0.6) is 5.75 Å². The van der Waals surface area contributed by atoms with E-state index in [1.54, 1.807) is 19.3 Å². The molecule has 1 aromatic heterocycles. The molecule has 30 heavy (non-hydrogen) atoms. The van der Waals surface area contributed by atoms with Crippen LogP contribution in [0, 0.1) is 0 Å². The molecule has 6 heteroatoms. The summed E-state index contributed by atoms with van der Waals surface area (Å²) in [4.78, 5) is 14.2. The van der Waals surface area contributed by atoms with Crippen molar-refractivity contribution in [2.24, 2.45) is 4.99 Å². The third-order valence-corrected chi connectivity index (χ3v) is 5.41. The maximum atomic E-state index is 11.1. The number of hydrogen-bond acceptors (Lipinski definition) is 6. The molecule has 1 aliphatic rings. The van der Waals surface area contributed by atoms with Crippen molar-refractivity contribution in [3.63, 3.8) is 0 Å². The first-order chi connectivity index (χ1) is 14.5. The number of aromatic nitrogens is 1. The van der Waals surface area contributed by atoms with E-state index in [9.17, 15) is 5.11 Å². The first kappa shape index (κ1) is 20.1. The third-order valence-electron chi connectivity index (χ3n) is 5.41. The lowest BCUT2D eigenvalue weighted by atomic mass is 9.84. The summed E-state index contributed by atoms with van der Waals surface area (Å²) in [6.45, 7) is 4.15. The van der Waals surface area contributed by atoms with Crippen LogP contribution in [0.1, 0.15) is 42.6 Å². The van der Waals surface area contributed by atoms with Crippen LogP contribution in [0.2, 0.25) is 0 Å². The summed E-state index contributed by atoms with van der Waals surface area (Å²) in [6, 6.07) is 21.4. The molecule has 0 saturated heterocycles. The first-order valence-corrected chi connectivity index (χ1v) is 9.93. The van der Waals surface area contributed by atoms with Gasteiger partial charge in [0, 0.05) is 23.9 Å². The number of benzene rings is 2. The van der Waals surface area contributed by atoms with E-state index in [-0.39, 0.29) is 18.0 Å². The second-order valence-electron chi connectivity index (χ2n) is 7.56. The molecule has 0 spiro atoms. The van der Waals surface area contributed by atoms with Gasteiger partial charge in [-0.05, 0) is 36.2 Å². The molecule has 0 fully saturated rings. The zero-order chi connectivity index (χ0) is 21.0. The Hall–Kier alpha value is -3.22. The van der Waals surface area contributed by atoms with E-state index in [0.29, 0.717) is 6.61 Å². The summed E-state index contributed by atoms with van der Waals surface area (Å²) >= 11 is 0. The highest BCUT2D eigenvalue weighted by molar-refractivity contribution is 5.86. The zero-order valence-corrected chi connectivity index (χ0v) is 17.0. The molecule has 4 rings (SSSR count). The fourth-order valence-electron chi connectivity index (χ4n) is 3.31. The molecular formula is C24H25N3O3. The average Bonchev–Trinajstić information content (AvgIpc) is 3.30. The number of rotatable bonds is 7. The molecule has 1 aliphatic heterocycles. The number of nitrogens with one attached hydrogen (secondary N) is 1. The monoisotopic (exact) mass is 403 g/mol. The summed E-state index contributed by atoms with van der Waals surface area (Å²) in [5.74, 6) is 0.859. The smallest absolute Gasteiger partial charge is 0.243 e. The van der Waals surface area contributed by atoms with Crippen molar-refractivity contribution in [2.75, 3.05) is 0 Å². The van der Waals surface area contributed by atoms with Gasteiger partial charge < -0.3 is 14.7 Å². The van der Waals surface area contributed by atoms with Gasteiger partial charge in [0.05, 0.1) is 0 Å². The van der Waals surface area contributed by atoms with Crippen molar-refractivity contribution in [3.05, 3.63) is 95.8 Å². The largest absolute Gasteiger partial charge is 0.489 e. The molecule has 0 saturated carbocycles. The molecule has 2 N–H and O–H groups in total. The molecular weight excluding hydrogens is 378 g/mol. The van der Waals surface area contributed by atoms with Crippen molar-refractivity contribution in [1.82, 2.24) is 10.5 Å². The highest BCUT2D eigenvalue weighted by Crippen LogP contribution is 2.33. The summed E-state index contributed by atoms with van der Waals surface area (Å²) < 4.78 is 5.80. The quantitative estimate of drug-likeness (QED) is 0.620. The Bertz CT molecular complexity index is 989. The van der Waals surface area contributed by atoms with Crippen molar-refractivity contribution >= 4 is 5.90 Å². The van der Waals surface area contributed by atoms with Crippen LogP contribution in [0.3, 0.4) is 0 Å². The van der Waals surface area contributed by atoms with Crippen molar-refractivity contribution < 1.29 is 14.7 Å². The Balaban J connectivity index is 1.42. The minimum atomic E-state index is -1.24. The Morgan fingerprint density at radius 2 is 1.87 bits per heavy atom. The summed E-state index contributed by atoms with van der Waals surface area (Å²) in [7, 11) is 0. The Morgan fingerprint density at radius 1 is 1.10 bits per heavy atom. The average molecular weight is 403 g/mol. The fourth-order valence-corrected chi connectivity index (χ4v) is 3.31. The van der Waals surface area contributed by atoms with E-state index in [0.717, 1.165) is 22.4 Å². The van der Waals surface area contributed by atoms with Crippen LogP contribution in [0.25, 0.3) is 0 Å². The molecule has 0 amide bonds. The molecule has 3 unspecified atom stereocenters. The van der Waals surface area contributed by atoms with Gasteiger partial charge in [-0.25, -0.2) is 4.99 Å². The highest BCUT2D eigenvalue weighted by Gasteiger charge is 2.40. The van der Waals surface area contributed by atoms with Crippen molar-refractivity contribution in [1.29, 1.82) is 0 Å². The third kappa shape index (κ3) is 4.35. The minimum Gasteiger partial charge on any atom is -0.489 e. The van der Waals surface area contributed by atoms with Crippen LogP contribution < -0.4 is 10.2 Å². The number of hydrogen-bond donors (Lipinski definition) is 2. The lowest BCUT2D eigenvalue weighted by Gasteiger charge is -2.29. The van der Waals surface area contributed by atoms with Crippen LogP contribution in [0.4, 0.5) is 0 Å². The van der Waals surface area contributed by atoms with Gasteiger partial charge in [-0.1, -0.05) is 55.5 Å². The normalized spacial score (nSPS) is 18.8. The SMILES string of the molecule is CC(c1ccccc1)C(C)(O)C1=NC(c2ccc(OCc3cccnc3)cc2)NO1. The number of pyridine rings is 1. The van der Waals surface area contributed by atoms with E-state index >= 15 is 0 Å². The number of ether oxygens (including phenoxy) is 1. The van der Waals surface area contributed by atoms with E-state index < -0.39 is 5.60 Å². The summed E-state index contributed by atoms with van der Waals surface area (Å²) in [5.41, 5.74) is 4.61. The van der Waals surface area contributed by atoms with Crippen LogP contribution >= 0.6 is 0 Å². The predicted octanol–water partition coefficient (Wildman–Crippen LogP) is 4.15. The van der Waals surface area contributed by atoms with Gasteiger partial charge in [0.1, 0.15) is 18.0 Å². The Labute approximate surface area is 176 Å². The molecule has 0 aliphatic carbocycles. The van der Waals surface area contributed by atoms with Crippen LogP contribution in [-0.4, -0.2) is 21.6 Å². The number of hydroxylamine groups is 1. The maximum Gasteiger partial charge on any atom is 0.243 e. The second kappa shape index (κ2) is 8.65. The fraction of sp³-hybridized carbons (Fsp3) is 0.250. The molecule has 6 nitrogen and oxygen atoms in total. The van der Waals surface area contributed by atoms with E-state index in [2.05, 4.69) is 15.5 Å². The molecule has 0 bridgehead atoms. The van der Waals surface area contributed by atoms with Gasteiger partial charge in [-0.3, -0.25) is 4.98 Å². The van der Waals surface area contributed by atoms with Gasteiger partial charge >= 0.3 is 0 Å². The second-order valence-corrected chi connectivity index (χ2v) is 7.56. The molecule has 3 aromatic rings. The van der Waals surface area contributed by atoms with E-state index in [1.807, 2.05) is 73.7 Å². The molecule has 154 valence electrons. The van der Waals surface area contributed by atoms with Gasteiger partial charge in [0.15, 0.2) is 6.17 Å². The van der Waals surface area contributed by atoms with Gasteiger partial charge in [0.2, 0.25) is 5.90 Å². The first-order valence-electron chi connectivity index (χ1n) is 9.93. The van der Waals surface area contributed by atoms with Gasteiger partial charge in [-0.2, -0.15) is 0 Å². The Morgan fingerprint density at radius 3 is 2.57 bits per heavy atom. The number of aliphatic hydroxyl groups is 1. The van der Waals surface area contributed by atoms with Crippen LogP contribution in [0.15, 0.2) is 84.1 Å². The summed E-state index contributed by atoms with van der Waals surface area (Å²) in [5, 5.41) is 11.1. The molecule has 2 aromatic carbocycles. The van der Waals surface area contributed by atoms with E-state index in [1.165, 1.54) is 0 Å². The Kier molecular flexibility index (Phi) is 5.79. The van der Waals surface area contributed by atoms with Crippen molar-refractivity contribution in [3.8, 4) is 5.75 Å². The topological polar surface area (TPSA) is 76.0 Å². The number of aliphatic imine (C=N–C) groups is 1. The molecule has 0 radical (unpaired) electrons. The predicted molar refractivity (Wildman–Crippen MR) is 115 cm³/mol. The minimum absolute atomic E-state index is 0.179. The highest BCUT2D eigenvalue weighted by atomic mass is 16.7. The van der Waals surface area contributed by atoms with E-state index in [4.69, 9.17) is 9.57 Å². The molecule has 2 heterocycles. The standard InChI is InChI=1S/C24H25N3O3/c1-17(19-8-4-3-5-9-19)24(2,28)23-26-22(27-30-23)20-10-12-21(13-11-20)29-16-18-7-6-14-25-15-18/h3-15,17,22,27-28H,16H2,1-2H3.